The Hall–Kier alpha value is -4.60. The molecular weight excluding hydrogens is 833 g/mol. The predicted octanol–water partition coefficient (Wildman–Crippen LogP) is 3.30. The Bertz CT molecular complexity index is 1690. The van der Waals surface area contributed by atoms with Crippen molar-refractivity contribution in [1.82, 2.24) is 30.4 Å². The SMILES string of the molecule is C=CCC[C@@H]1[C@H](CCC)[C@@H]1COC(=O)NCCOCCOCCNC(=O)C(c1cccc(C(=O)O)n1)N1CCOCCOCCN(Cc2cccc(C(=O)O)n2)CCOCCOCC1. The number of aromatic nitrogens is 2. The fourth-order valence-corrected chi connectivity index (χ4v) is 7.55. The highest BCUT2D eigenvalue weighted by Gasteiger charge is 2.48. The van der Waals surface area contributed by atoms with E-state index in [-0.39, 0.29) is 63.3 Å². The van der Waals surface area contributed by atoms with E-state index in [9.17, 15) is 29.4 Å². The largest absolute Gasteiger partial charge is 0.477 e. The van der Waals surface area contributed by atoms with Crippen LogP contribution in [0.5, 0.6) is 0 Å². The van der Waals surface area contributed by atoms with Crippen LogP contribution in [0, 0.1) is 17.8 Å². The van der Waals surface area contributed by atoms with E-state index in [1.54, 1.807) is 24.3 Å². The van der Waals surface area contributed by atoms with Crippen LogP contribution in [-0.4, -0.2) is 179 Å². The fraction of sp³-hybridized carbons (Fsp3) is 0.644. The Morgan fingerprint density at radius 1 is 0.750 bits per heavy atom. The van der Waals surface area contributed by atoms with Crippen LogP contribution < -0.4 is 10.6 Å². The van der Waals surface area contributed by atoms with Gasteiger partial charge in [0.1, 0.15) is 17.4 Å². The molecule has 1 aliphatic heterocycles. The van der Waals surface area contributed by atoms with Gasteiger partial charge in [-0.2, -0.15) is 0 Å². The highest BCUT2D eigenvalue weighted by Crippen LogP contribution is 2.52. The molecule has 1 unspecified atom stereocenters. The quantitative estimate of drug-likeness (QED) is 0.0926. The molecule has 0 radical (unpaired) electrons. The van der Waals surface area contributed by atoms with E-state index in [1.807, 2.05) is 11.0 Å². The van der Waals surface area contributed by atoms with Gasteiger partial charge in [0.2, 0.25) is 5.91 Å². The number of amides is 2. The van der Waals surface area contributed by atoms with Gasteiger partial charge in [-0.3, -0.25) is 14.6 Å². The summed E-state index contributed by atoms with van der Waals surface area (Å²) in [6.07, 6.45) is 5.84. The van der Waals surface area contributed by atoms with E-state index in [0.717, 1.165) is 25.7 Å². The monoisotopic (exact) mass is 900 g/mol. The van der Waals surface area contributed by atoms with Crippen LogP contribution in [0.25, 0.3) is 0 Å². The van der Waals surface area contributed by atoms with Gasteiger partial charge in [-0.1, -0.05) is 38.0 Å². The van der Waals surface area contributed by atoms with Crippen molar-refractivity contribution in [3.05, 3.63) is 71.8 Å². The van der Waals surface area contributed by atoms with Gasteiger partial charge >= 0.3 is 18.0 Å². The Balaban J connectivity index is 1.20. The number of rotatable bonds is 23. The second-order valence-electron chi connectivity index (χ2n) is 15.4. The van der Waals surface area contributed by atoms with Crippen molar-refractivity contribution < 1.29 is 62.5 Å². The summed E-state index contributed by atoms with van der Waals surface area (Å²) in [5.74, 6) is -1.05. The molecule has 2 aromatic rings. The molecule has 4 atom stereocenters. The van der Waals surface area contributed by atoms with Crippen molar-refractivity contribution in [1.29, 1.82) is 0 Å². The first-order chi connectivity index (χ1) is 31.2. The fourth-order valence-electron chi connectivity index (χ4n) is 7.55. The van der Waals surface area contributed by atoms with Gasteiger partial charge in [-0.15, -0.1) is 6.58 Å². The molecule has 356 valence electrons. The minimum absolute atomic E-state index is 0.0140. The van der Waals surface area contributed by atoms with E-state index in [4.69, 9.17) is 33.2 Å². The third-order valence-corrected chi connectivity index (χ3v) is 10.9. The molecule has 3 heterocycles. The molecule has 0 spiro atoms. The third-order valence-electron chi connectivity index (χ3n) is 10.9. The summed E-state index contributed by atoms with van der Waals surface area (Å²) in [4.78, 5) is 61.8. The number of alkyl carbamates (subject to hydrolysis) is 1. The molecule has 1 saturated heterocycles. The zero-order chi connectivity index (χ0) is 45.8. The van der Waals surface area contributed by atoms with Crippen LogP contribution in [0.4, 0.5) is 4.79 Å². The van der Waals surface area contributed by atoms with Gasteiger partial charge in [-0.25, -0.2) is 24.4 Å². The van der Waals surface area contributed by atoms with Gasteiger partial charge in [0.05, 0.1) is 97.3 Å². The third kappa shape index (κ3) is 19.6. The molecule has 19 nitrogen and oxygen atoms in total. The van der Waals surface area contributed by atoms with Gasteiger partial charge in [0.25, 0.3) is 0 Å². The van der Waals surface area contributed by atoms with E-state index in [0.29, 0.717) is 109 Å². The first kappa shape index (κ1) is 52.0. The Kier molecular flexibility index (Phi) is 24.8. The van der Waals surface area contributed by atoms with Crippen LogP contribution in [0.1, 0.15) is 71.0 Å². The lowest BCUT2D eigenvalue weighted by Gasteiger charge is -2.30. The lowest BCUT2D eigenvalue weighted by molar-refractivity contribution is -0.128. The van der Waals surface area contributed by atoms with Crippen LogP contribution in [-0.2, 0) is 44.5 Å². The van der Waals surface area contributed by atoms with Crippen LogP contribution in [0.3, 0.4) is 0 Å². The lowest BCUT2D eigenvalue weighted by atomic mass is 10.1. The van der Waals surface area contributed by atoms with Crippen molar-refractivity contribution in [2.45, 2.75) is 45.2 Å². The van der Waals surface area contributed by atoms with Gasteiger partial charge in [0.15, 0.2) is 0 Å². The van der Waals surface area contributed by atoms with Crippen LogP contribution in [0.2, 0.25) is 0 Å². The minimum Gasteiger partial charge on any atom is -0.477 e. The summed E-state index contributed by atoms with van der Waals surface area (Å²) in [6.45, 7) is 12.6. The summed E-state index contributed by atoms with van der Waals surface area (Å²) >= 11 is 0. The highest BCUT2D eigenvalue weighted by molar-refractivity contribution is 5.86. The number of hydrogen-bond donors (Lipinski definition) is 4. The number of carbonyl (C=O) groups is 4. The average Bonchev–Trinajstić information content (AvgIpc) is 3.96. The van der Waals surface area contributed by atoms with Crippen molar-refractivity contribution in [3.63, 3.8) is 0 Å². The number of pyridine rings is 2. The summed E-state index contributed by atoms with van der Waals surface area (Å²) in [7, 11) is 0. The Morgan fingerprint density at radius 2 is 1.31 bits per heavy atom. The molecule has 2 aliphatic rings. The first-order valence-corrected chi connectivity index (χ1v) is 22.3. The molecule has 2 aromatic heterocycles. The standard InChI is InChI=1S/C45H68N6O13/c1-3-5-10-36-35(8-4-2)37(36)33-64-45(57)47-15-21-59-27-26-58-20-14-46-42(52)41(38-11-7-13-40(49-38)44(55)56)51-18-24-62-30-28-60-22-16-50(17-23-61-29-31-63-25-19-51)32-34-9-6-12-39(48-34)43(53)54/h3,6-7,9,11-13,35-37,41H,1,4-5,8,10,14-33H2,2H3,(H,46,52)(H,47,57)(H,53,54)(H,55,56)/t35-,36+,37-,41?/m0/s1. The number of allylic oxidation sites excluding steroid dienone is 1. The molecule has 1 aliphatic carbocycles. The molecule has 2 amide bonds. The van der Waals surface area contributed by atoms with Crippen molar-refractivity contribution in [2.24, 2.45) is 17.8 Å². The van der Waals surface area contributed by atoms with Crippen molar-refractivity contribution in [2.75, 3.05) is 125 Å². The maximum atomic E-state index is 13.9. The summed E-state index contributed by atoms with van der Waals surface area (Å²) in [6, 6.07) is 8.49. The molecular formula is C45H68N6O13. The number of carbonyl (C=O) groups excluding carboxylic acids is 2. The topological polar surface area (TPSA) is 230 Å². The van der Waals surface area contributed by atoms with E-state index >= 15 is 0 Å². The van der Waals surface area contributed by atoms with Crippen LogP contribution in [0.15, 0.2) is 49.1 Å². The molecule has 1 saturated carbocycles. The Morgan fingerprint density at radius 3 is 1.91 bits per heavy atom. The van der Waals surface area contributed by atoms with E-state index in [2.05, 4.69) is 39.0 Å². The zero-order valence-electron chi connectivity index (χ0n) is 37.2. The van der Waals surface area contributed by atoms with Crippen molar-refractivity contribution in [3.8, 4) is 0 Å². The zero-order valence-corrected chi connectivity index (χ0v) is 37.2. The van der Waals surface area contributed by atoms with Gasteiger partial charge in [0, 0.05) is 45.8 Å². The van der Waals surface area contributed by atoms with Crippen LogP contribution >= 0.6 is 0 Å². The number of aromatic carboxylic acids is 2. The average molecular weight is 901 g/mol. The molecule has 0 bridgehead atoms. The smallest absolute Gasteiger partial charge is 0.407 e. The second-order valence-corrected chi connectivity index (χ2v) is 15.4. The first-order valence-electron chi connectivity index (χ1n) is 22.3. The normalized spacial score (nSPS) is 20.2. The molecule has 2 fully saturated rings. The van der Waals surface area contributed by atoms with E-state index in [1.165, 1.54) is 12.1 Å². The number of ether oxygens (including phenoxy) is 7. The molecule has 19 heteroatoms. The van der Waals surface area contributed by atoms with Gasteiger partial charge < -0.3 is 54.0 Å². The van der Waals surface area contributed by atoms with Crippen molar-refractivity contribution >= 4 is 23.9 Å². The number of nitrogens with one attached hydrogen (secondary N) is 2. The highest BCUT2D eigenvalue weighted by atomic mass is 16.6. The Labute approximate surface area is 376 Å². The summed E-state index contributed by atoms with van der Waals surface area (Å²) in [5.41, 5.74) is 0.682. The maximum Gasteiger partial charge on any atom is 0.407 e. The molecule has 64 heavy (non-hydrogen) atoms. The molecule has 0 aromatic carbocycles. The number of hydrogen-bond acceptors (Lipinski definition) is 15. The lowest BCUT2D eigenvalue weighted by Crippen LogP contribution is -2.44. The second kappa shape index (κ2) is 30.5. The summed E-state index contributed by atoms with van der Waals surface area (Å²) in [5, 5.41) is 24.6. The number of nitrogens with zero attached hydrogens (tertiary/aromatic N) is 4. The number of carboxylic acid groups (broad SMARTS) is 2. The molecule has 4 N–H and O–H groups in total. The molecule has 4 rings (SSSR count). The maximum absolute atomic E-state index is 13.9. The number of carboxylic acids is 2. The minimum atomic E-state index is -1.21. The summed E-state index contributed by atoms with van der Waals surface area (Å²) < 4.78 is 40.2. The van der Waals surface area contributed by atoms with E-state index < -0.39 is 30.0 Å². The predicted molar refractivity (Wildman–Crippen MR) is 234 cm³/mol. The van der Waals surface area contributed by atoms with Gasteiger partial charge in [-0.05, 0) is 54.9 Å².